The van der Waals surface area contributed by atoms with Crippen LogP contribution in [0.4, 0.5) is 0 Å². The molecule has 3 heteroatoms. The molecule has 0 amide bonds. The van der Waals surface area contributed by atoms with Gasteiger partial charge in [-0.05, 0) is 79.1 Å². The molecular weight excluding hydrogens is 296 g/mol. The molecule has 0 aliphatic heterocycles. The number of halogens is 1. The summed E-state index contributed by atoms with van der Waals surface area (Å²) in [5, 5.41) is 11.0. The van der Waals surface area contributed by atoms with Crippen molar-refractivity contribution in [1.29, 1.82) is 0 Å². The highest BCUT2D eigenvalue weighted by molar-refractivity contribution is 6.43. The van der Waals surface area contributed by atoms with E-state index in [4.69, 9.17) is 11.6 Å². The maximum atomic E-state index is 12.0. The molecule has 0 saturated heterocycles. The molecule has 0 heterocycles. The minimum absolute atomic E-state index is 0.111. The van der Waals surface area contributed by atoms with Crippen LogP contribution in [0.15, 0.2) is 10.6 Å². The highest BCUT2D eigenvalue weighted by Gasteiger charge is 2.59. The van der Waals surface area contributed by atoms with Crippen molar-refractivity contribution in [2.45, 2.75) is 71.3 Å². The lowest BCUT2D eigenvalue weighted by Crippen LogP contribution is -2.51. The Balaban J connectivity index is 1.72. The Kier molecular flexibility index (Phi) is 3.34. The van der Waals surface area contributed by atoms with E-state index in [9.17, 15) is 9.90 Å². The fraction of sp³-hybridized carbons (Fsp3) is 0.842. The van der Waals surface area contributed by atoms with Gasteiger partial charge in [0.1, 0.15) is 0 Å². The van der Waals surface area contributed by atoms with Crippen LogP contribution >= 0.6 is 11.6 Å². The van der Waals surface area contributed by atoms with Crippen molar-refractivity contribution in [3.63, 3.8) is 0 Å². The van der Waals surface area contributed by atoms with Gasteiger partial charge in [0.2, 0.25) is 0 Å². The fourth-order valence-electron chi connectivity index (χ4n) is 6.62. The van der Waals surface area contributed by atoms with Crippen molar-refractivity contribution < 1.29 is 9.90 Å². The van der Waals surface area contributed by atoms with Gasteiger partial charge in [-0.25, -0.2) is 0 Å². The Hall–Kier alpha value is -0.340. The van der Waals surface area contributed by atoms with Gasteiger partial charge < -0.3 is 5.11 Å². The molecule has 4 rings (SSSR count). The largest absolute Gasteiger partial charge is 0.393 e. The van der Waals surface area contributed by atoms with Crippen LogP contribution in [0.5, 0.6) is 0 Å². The van der Waals surface area contributed by atoms with Crippen LogP contribution in [0.25, 0.3) is 0 Å². The summed E-state index contributed by atoms with van der Waals surface area (Å²) in [5.74, 6) is 2.18. The third-order valence-electron chi connectivity index (χ3n) is 8.00. The van der Waals surface area contributed by atoms with Crippen LogP contribution in [-0.4, -0.2) is 17.0 Å². The number of Topliss-reactive ketones (excluding diaryl/α,β-unsaturated/α-hetero) is 1. The summed E-state index contributed by atoms with van der Waals surface area (Å²) in [7, 11) is 0. The summed E-state index contributed by atoms with van der Waals surface area (Å²) in [6.45, 7) is 4.68. The van der Waals surface area contributed by atoms with Crippen LogP contribution in [0.3, 0.4) is 0 Å². The average Bonchev–Trinajstić information content (AvgIpc) is 2.79. The summed E-state index contributed by atoms with van der Waals surface area (Å²) in [4.78, 5) is 12.0. The molecule has 2 nitrogen and oxygen atoms in total. The molecule has 0 radical (unpaired) electrons. The molecule has 22 heavy (non-hydrogen) atoms. The molecule has 1 N–H and O–H groups in total. The number of allylic oxidation sites excluding steroid dienone is 1. The Morgan fingerprint density at radius 1 is 1.05 bits per heavy atom. The van der Waals surface area contributed by atoms with Crippen molar-refractivity contribution in [3.8, 4) is 0 Å². The monoisotopic (exact) mass is 322 g/mol. The van der Waals surface area contributed by atoms with E-state index < -0.39 is 0 Å². The van der Waals surface area contributed by atoms with Crippen LogP contribution < -0.4 is 0 Å². The van der Waals surface area contributed by atoms with E-state index in [2.05, 4.69) is 13.8 Å². The Morgan fingerprint density at radius 3 is 2.59 bits per heavy atom. The van der Waals surface area contributed by atoms with Gasteiger partial charge in [0.25, 0.3) is 0 Å². The molecule has 0 bridgehead atoms. The molecule has 0 spiro atoms. The highest BCUT2D eigenvalue weighted by Crippen LogP contribution is 2.65. The summed E-state index contributed by atoms with van der Waals surface area (Å²) in [6, 6.07) is 0. The van der Waals surface area contributed by atoms with Gasteiger partial charge in [-0.15, -0.1) is 0 Å². The Labute approximate surface area is 138 Å². The van der Waals surface area contributed by atoms with Crippen molar-refractivity contribution in [2.24, 2.45) is 28.6 Å². The molecular formula is C19H27ClO2. The fourth-order valence-corrected chi connectivity index (χ4v) is 7.03. The number of hydrogen-bond donors (Lipinski definition) is 1. The SMILES string of the molecule is C[C@]12CCC(=O)C(Cl)=C1CCC1C2CC[C@@]2(C)C1CC[C@@H]2O. The summed E-state index contributed by atoms with van der Waals surface area (Å²) >= 11 is 6.41. The number of rotatable bonds is 0. The molecule has 0 aromatic rings. The lowest BCUT2D eigenvalue weighted by Gasteiger charge is -2.57. The molecule has 4 aliphatic rings. The lowest BCUT2D eigenvalue weighted by atomic mass is 9.47. The number of carbonyl (C=O) groups excluding carboxylic acids is 1. The van der Waals surface area contributed by atoms with Crippen molar-refractivity contribution in [1.82, 2.24) is 0 Å². The second kappa shape index (κ2) is 4.83. The van der Waals surface area contributed by atoms with Crippen molar-refractivity contribution in [2.75, 3.05) is 0 Å². The zero-order chi connectivity index (χ0) is 15.7. The van der Waals surface area contributed by atoms with Crippen LogP contribution in [0, 0.1) is 28.6 Å². The van der Waals surface area contributed by atoms with E-state index in [1.165, 1.54) is 18.4 Å². The van der Waals surface area contributed by atoms with E-state index in [0.29, 0.717) is 29.2 Å². The van der Waals surface area contributed by atoms with Crippen molar-refractivity contribution in [3.05, 3.63) is 10.6 Å². The Morgan fingerprint density at radius 2 is 1.82 bits per heavy atom. The Bertz CT molecular complexity index is 554. The first-order valence-electron chi connectivity index (χ1n) is 8.98. The predicted molar refractivity (Wildman–Crippen MR) is 87.5 cm³/mol. The van der Waals surface area contributed by atoms with E-state index in [0.717, 1.165) is 32.1 Å². The molecule has 6 atom stereocenters. The third kappa shape index (κ3) is 1.80. The van der Waals surface area contributed by atoms with Gasteiger partial charge in [-0.2, -0.15) is 0 Å². The molecule has 3 saturated carbocycles. The zero-order valence-corrected chi connectivity index (χ0v) is 14.5. The summed E-state index contributed by atoms with van der Waals surface area (Å²) in [6.07, 6.45) is 8.11. The maximum absolute atomic E-state index is 12.0. The first-order valence-corrected chi connectivity index (χ1v) is 9.36. The van der Waals surface area contributed by atoms with Gasteiger partial charge in [0, 0.05) is 6.42 Å². The van der Waals surface area contributed by atoms with E-state index in [-0.39, 0.29) is 22.7 Å². The second-order valence-corrected chi connectivity index (χ2v) is 9.06. The molecule has 0 aromatic heterocycles. The number of ketones is 1. The first-order chi connectivity index (χ1) is 10.4. The minimum Gasteiger partial charge on any atom is -0.393 e. The number of aliphatic hydroxyl groups excluding tert-OH is 1. The summed E-state index contributed by atoms with van der Waals surface area (Å²) < 4.78 is 0. The number of fused-ring (bicyclic) bond motifs is 5. The van der Waals surface area contributed by atoms with Gasteiger partial charge >= 0.3 is 0 Å². The zero-order valence-electron chi connectivity index (χ0n) is 13.7. The molecule has 3 fully saturated rings. The highest BCUT2D eigenvalue weighted by atomic mass is 35.5. The second-order valence-electron chi connectivity index (χ2n) is 8.69. The van der Waals surface area contributed by atoms with Gasteiger partial charge in [0.05, 0.1) is 11.1 Å². The summed E-state index contributed by atoms with van der Waals surface area (Å²) in [5.41, 5.74) is 1.52. The molecule has 0 aromatic carbocycles. The van der Waals surface area contributed by atoms with E-state index >= 15 is 0 Å². The maximum Gasteiger partial charge on any atom is 0.174 e. The van der Waals surface area contributed by atoms with Gasteiger partial charge in [-0.3, -0.25) is 4.79 Å². The van der Waals surface area contributed by atoms with Crippen LogP contribution in [0.2, 0.25) is 0 Å². The van der Waals surface area contributed by atoms with E-state index in [1.807, 2.05) is 0 Å². The normalized spacial score (nSPS) is 51.4. The number of carbonyl (C=O) groups is 1. The first kappa shape index (κ1) is 15.2. The van der Waals surface area contributed by atoms with Gasteiger partial charge in [0.15, 0.2) is 5.78 Å². The molecule has 4 aliphatic carbocycles. The standard InChI is InChI=1S/C19H27ClO2/c1-18-10-8-15(21)17(20)14(18)4-3-11-12-5-6-16(22)19(12,2)9-7-13(11)18/h11-13,16,22H,3-10H2,1-2H3/t11?,12?,13?,16-,18+,19-/m0/s1. The van der Waals surface area contributed by atoms with Crippen molar-refractivity contribution >= 4 is 17.4 Å². The quantitative estimate of drug-likeness (QED) is 0.715. The molecule has 3 unspecified atom stereocenters. The average molecular weight is 323 g/mol. The van der Waals surface area contributed by atoms with Gasteiger partial charge in [-0.1, -0.05) is 25.4 Å². The van der Waals surface area contributed by atoms with E-state index in [1.54, 1.807) is 0 Å². The topological polar surface area (TPSA) is 37.3 Å². The van der Waals surface area contributed by atoms with Crippen LogP contribution in [0.1, 0.15) is 65.2 Å². The molecule has 122 valence electrons. The third-order valence-corrected chi connectivity index (χ3v) is 8.44. The number of hydrogen-bond acceptors (Lipinski definition) is 2. The number of aliphatic hydroxyl groups is 1. The van der Waals surface area contributed by atoms with Crippen LogP contribution in [-0.2, 0) is 4.79 Å². The lowest BCUT2D eigenvalue weighted by molar-refractivity contribution is -0.118. The smallest absolute Gasteiger partial charge is 0.174 e. The minimum atomic E-state index is -0.111. The predicted octanol–water partition coefficient (Wildman–Crippen LogP) is 4.45.